The van der Waals surface area contributed by atoms with Gasteiger partial charge in [0.05, 0.1) is 22.0 Å². The van der Waals surface area contributed by atoms with E-state index in [0.717, 1.165) is 54.4 Å². The van der Waals surface area contributed by atoms with Gasteiger partial charge in [0.15, 0.2) is 0 Å². The fraction of sp³-hybridized carbons (Fsp3) is 0.344. The summed E-state index contributed by atoms with van der Waals surface area (Å²) in [6.45, 7) is 4.38. The van der Waals surface area contributed by atoms with Crippen molar-refractivity contribution in [1.29, 1.82) is 0 Å². The Kier molecular flexibility index (Phi) is 6.93. The van der Waals surface area contributed by atoms with Gasteiger partial charge in [-0.1, -0.05) is 36.0 Å². The number of phenols is 1. The average Bonchev–Trinajstić information content (AvgIpc) is 3.55. The predicted molar refractivity (Wildman–Crippen MR) is 159 cm³/mol. The molecular weight excluding hydrogens is 538 g/mol. The number of carbonyl (C=O) groups excluding carboxylic acids is 3. The summed E-state index contributed by atoms with van der Waals surface area (Å²) in [5.41, 5.74) is 2.15. The van der Waals surface area contributed by atoms with E-state index in [9.17, 15) is 19.5 Å². The second-order valence-electron chi connectivity index (χ2n) is 11.5. The van der Waals surface area contributed by atoms with E-state index in [2.05, 4.69) is 24.1 Å². The van der Waals surface area contributed by atoms with Crippen LogP contribution in [0.1, 0.15) is 55.5 Å². The molecule has 6 rings (SSSR count). The van der Waals surface area contributed by atoms with Gasteiger partial charge in [-0.2, -0.15) is 0 Å². The van der Waals surface area contributed by atoms with E-state index in [-0.39, 0.29) is 29.4 Å². The number of nitrogens with one attached hydrogen (secondary N) is 1. The van der Waals surface area contributed by atoms with Crippen molar-refractivity contribution in [2.45, 2.75) is 62.4 Å². The molecule has 0 aromatic heterocycles. The van der Waals surface area contributed by atoms with Gasteiger partial charge in [-0.05, 0) is 100 Å². The molecule has 3 amide bonds. The zero-order valence-corrected chi connectivity index (χ0v) is 23.9. The minimum absolute atomic E-state index is 0.0108. The molecule has 1 aliphatic carbocycles. The fourth-order valence-electron chi connectivity index (χ4n) is 6.48. The van der Waals surface area contributed by atoms with Crippen LogP contribution in [0.25, 0.3) is 0 Å². The number of phenolic OH excluding ortho intramolecular Hbond substituents is 1. The van der Waals surface area contributed by atoms with Crippen molar-refractivity contribution in [3.05, 3.63) is 83.9 Å². The third kappa shape index (κ3) is 4.92. The summed E-state index contributed by atoms with van der Waals surface area (Å²) in [4.78, 5) is 42.0. The number of fused-ring (bicyclic) bond motifs is 1. The summed E-state index contributed by atoms with van der Waals surface area (Å²) >= 11 is 1.02. The maximum absolute atomic E-state index is 14.3. The van der Waals surface area contributed by atoms with E-state index in [0.29, 0.717) is 17.7 Å². The number of carbonyl (C=O) groups is 3. The van der Waals surface area contributed by atoms with Crippen LogP contribution in [-0.2, 0) is 11.2 Å². The van der Waals surface area contributed by atoms with Crippen LogP contribution < -0.4 is 15.0 Å². The Morgan fingerprint density at radius 3 is 2.32 bits per heavy atom. The molecule has 2 aliphatic heterocycles. The van der Waals surface area contributed by atoms with Gasteiger partial charge in [0.25, 0.3) is 11.1 Å². The van der Waals surface area contributed by atoms with Crippen LogP contribution in [-0.4, -0.2) is 50.1 Å². The lowest BCUT2D eigenvalue weighted by Crippen LogP contribution is -2.70. The Bertz CT molecular complexity index is 1480. The van der Waals surface area contributed by atoms with Gasteiger partial charge in [-0.3, -0.25) is 19.7 Å². The Labute approximate surface area is 243 Å². The monoisotopic (exact) mass is 571 g/mol. The van der Waals surface area contributed by atoms with Crippen molar-refractivity contribution in [3.8, 4) is 11.5 Å². The van der Waals surface area contributed by atoms with Gasteiger partial charge in [0, 0.05) is 5.69 Å². The number of benzene rings is 3. The molecule has 1 saturated heterocycles. The lowest BCUT2D eigenvalue weighted by molar-refractivity contribution is -0.118. The third-order valence-electron chi connectivity index (χ3n) is 8.23. The van der Waals surface area contributed by atoms with Crippen LogP contribution in [0.3, 0.4) is 0 Å². The molecule has 0 bridgehead atoms. The summed E-state index contributed by atoms with van der Waals surface area (Å²) in [7, 11) is 0. The average molecular weight is 572 g/mol. The van der Waals surface area contributed by atoms with Crippen molar-refractivity contribution in [1.82, 2.24) is 10.2 Å². The van der Waals surface area contributed by atoms with Crippen LogP contribution in [0.2, 0.25) is 0 Å². The Balaban J connectivity index is 1.28. The quantitative estimate of drug-likeness (QED) is 0.358. The number of aromatic hydroxyl groups is 1. The lowest BCUT2D eigenvalue weighted by atomic mass is 9.88. The zero-order valence-electron chi connectivity index (χ0n) is 23.1. The van der Waals surface area contributed by atoms with Gasteiger partial charge < -0.3 is 19.6 Å². The molecule has 3 aromatic carbocycles. The topological polar surface area (TPSA) is 99.2 Å². The summed E-state index contributed by atoms with van der Waals surface area (Å²) in [5.74, 6) is 0.605. The molecule has 0 radical (unpaired) electrons. The van der Waals surface area contributed by atoms with Crippen LogP contribution in [0.5, 0.6) is 11.5 Å². The summed E-state index contributed by atoms with van der Waals surface area (Å²) in [5, 5.41) is 11.6. The fourth-order valence-corrected chi connectivity index (χ4v) is 7.34. The van der Waals surface area contributed by atoms with E-state index in [1.165, 1.54) is 0 Å². The summed E-state index contributed by atoms with van der Waals surface area (Å²) in [6.07, 6.45) is 4.11. The molecular formula is C32H33N3O5S. The number of ether oxygens (including phenoxy) is 1. The van der Waals surface area contributed by atoms with Crippen LogP contribution in [0, 0.1) is 0 Å². The summed E-state index contributed by atoms with van der Waals surface area (Å²) in [6, 6.07) is 22.5. The minimum Gasteiger partial charge on any atom is -0.508 e. The highest BCUT2D eigenvalue weighted by molar-refractivity contribution is 8.15. The van der Waals surface area contributed by atoms with Gasteiger partial charge in [0.2, 0.25) is 5.91 Å². The van der Waals surface area contributed by atoms with Crippen molar-refractivity contribution < 1.29 is 24.2 Å². The first kappa shape index (κ1) is 27.2. The number of para-hydroxylation sites is 1. The second kappa shape index (κ2) is 10.4. The largest absolute Gasteiger partial charge is 0.508 e. The molecule has 2 heterocycles. The first-order chi connectivity index (χ1) is 19.7. The number of amides is 3. The molecule has 2 fully saturated rings. The van der Waals surface area contributed by atoms with Crippen LogP contribution in [0.15, 0.2) is 72.8 Å². The van der Waals surface area contributed by atoms with E-state index >= 15 is 0 Å². The molecule has 2 N–H and O–H groups in total. The number of hydrogen-bond donors (Lipinski definition) is 2. The smallest absolute Gasteiger partial charge is 0.286 e. The molecule has 41 heavy (non-hydrogen) atoms. The SMILES string of the molecule is CC(C)(COc1ccc(CC2SC(=O)NC2=O)cc1)N1C(=O)c2ccccc2N(c2ccc(O)cc2)C12CCCC2. The van der Waals surface area contributed by atoms with Crippen molar-refractivity contribution in [3.63, 3.8) is 0 Å². The highest BCUT2D eigenvalue weighted by Gasteiger charge is 2.56. The van der Waals surface area contributed by atoms with E-state index in [1.54, 1.807) is 12.1 Å². The lowest BCUT2D eigenvalue weighted by Gasteiger charge is -2.58. The highest BCUT2D eigenvalue weighted by atomic mass is 32.2. The Morgan fingerprint density at radius 1 is 0.976 bits per heavy atom. The predicted octanol–water partition coefficient (Wildman–Crippen LogP) is 6.01. The molecule has 9 heteroatoms. The molecule has 3 aliphatic rings. The molecule has 8 nitrogen and oxygen atoms in total. The zero-order chi connectivity index (χ0) is 28.8. The van der Waals surface area contributed by atoms with Gasteiger partial charge in [0.1, 0.15) is 23.8 Å². The highest BCUT2D eigenvalue weighted by Crippen LogP contribution is 2.52. The minimum atomic E-state index is -0.665. The summed E-state index contributed by atoms with van der Waals surface area (Å²) < 4.78 is 6.30. The number of anilines is 2. The molecule has 212 valence electrons. The molecule has 1 unspecified atom stereocenters. The third-order valence-corrected chi connectivity index (χ3v) is 9.21. The molecule has 1 atom stereocenters. The van der Waals surface area contributed by atoms with E-state index in [4.69, 9.17) is 4.74 Å². The first-order valence-electron chi connectivity index (χ1n) is 13.9. The van der Waals surface area contributed by atoms with Gasteiger partial charge in [-0.15, -0.1) is 0 Å². The number of hydrogen-bond acceptors (Lipinski definition) is 7. The standard InChI is InChI=1S/C32H33N3O5S/c1-31(2,20-40-24-15-9-21(10-16-24)19-27-28(37)33-30(39)41-27)35-29(38)25-7-3-4-8-26(25)34(32(35)17-5-6-18-32)22-11-13-23(36)14-12-22/h3-4,7-16,27,36H,5-6,17-20H2,1-2H3,(H,33,37,39). The number of nitrogens with zero attached hydrogens (tertiary/aromatic N) is 2. The van der Waals surface area contributed by atoms with Crippen molar-refractivity contribution in [2.24, 2.45) is 0 Å². The van der Waals surface area contributed by atoms with Gasteiger partial charge >= 0.3 is 0 Å². The van der Waals surface area contributed by atoms with E-state index in [1.807, 2.05) is 65.6 Å². The number of imide groups is 1. The first-order valence-corrected chi connectivity index (χ1v) is 14.8. The maximum Gasteiger partial charge on any atom is 0.286 e. The normalized spacial score (nSPS) is 20.0. The molecule has 1 spiro atoms. The van der Waals surface area contributed by atoms with Crippen LogP contribution in [0.4, 0.5) is 16.2 Å². The van der Waals surface area contributed by atoms with Crippen LogP contribution >= 0.6 is 11.8 Å². The van der Waals surface area contributed by atoms with E-state index < -0.39 is 16.5 Å². The Hall–Kier alpha value is -3.98. The molecule has 1 saturated carbocycles. The van der Waals surface area contributed by atoms with Crippen molar-refractivity contribution in [2.75, 3.05) is 11.5 Å². The number of thioether (sulfide) groups is 1. The molecule has 3 aromatic rings. The Morgan fingerprint density at radius 2 is 1.66 bits per heavy atom. The maximum atomic E-state index is 14.3. The van der Waals surface area contributed by atoms with Crippen molar-refractivity contribution >= 4 is 40.2 Å². The second-order valence-corrected chi connectivity index (χ2v) is 12.7. The van der Waals surface area contributed by atoms with Gasteiger partial charge in [-0.25, -0.2) is 0 Å². The number of rotatable bonds is 7.